The Labute approximate surface area is 134 Å². The van der Waals surface area contributed by atoms with Gasteiger partial charge in [-0.2, -0.15) is 0 Å². The van der Waals surface area contributed by atoms with Gasteiger partial charge in [0.25, 0.3) is 5.69 Å². The Morgan fingerprint density at radius 2 is 1.70 bits per heavy atom. The second-order valence-corrected chi connectivity index (χ2v) is 6.29. The molecule has 0 saturated carbocycles. The van der Waals surface area contributed by atoms with E-state index in [1.807, 2.05) is 19.1 Å². The summed E-state index contributed by atoms with van der Waals surface area (Å²) in [7, 11) is 0. The van der Waals surface area contributed by atoms with Crippen molar-refractivity contribution in [2.75, 3.05) is 0 Å². The number of carbonyl (C=O) groups is 1. The Morgan fingerprint density at radius 1 is 1.13 bits per heavy atom. The highest BCUT2D eigenvalue weighted by atomic mass is 16.6. The van der Waals surface area contributed by atoms with Gasteiger partial charge in [0.2, 0.25) is 5.91 Å². The molecule has 5 heteroatoms. The number of nitro benzene ring substituents is 1. The minimum atomic E-state index is -0.449. The average molecular weight is 310 g/mol. The van der Waals surface area contributed by atoms with Crippen LogP contribution >= 0.6 is 0 Å². The van der Waals surface area contributed by atoms with Gasteiger partial charge in [-0.15, -0.1) is 0 Å². The molecule has 1 N–H and O–H groups in total. The first-order chi connectivity index (χ1) is 11.0. The second kappa shape index (κ2) is 5.83. The smallest absolute Gasteiger partial charge is 0.273 e. The fourth-order valence-corrected chi connectivity index (χ4v) is 3.29. The molecule has 0 unspecified atom stereocenters. The molecule has 3 rings (SSSR count). The number of nitro groups is 1. The molecule has 1 aliphatic carbocycles. The maximum Gasteiger partial charge on any atom is 0.273 e. The van der Waals surface area contributed by atoms with Crippen LogP contribution in [0.4, 0.5) is 5.69 Å². The van der Waals surface area contributed by atoms with E-state index in [2.05, 4.69) is 17.4 Å². The summed E-state index contributed by atoms with van der Waals surface area (Å²) < 4.78 is 0. The van der Waals surface area contributed by atoms with Crippen molar-refractivity contribution in [3.63, 3.8) is 0 Å². The van der Waals surface area contributed by atoms with Crippen LogP contribution in [0.3, 0.4) is 0 Å². The molecule has 0 atom stereocenters. The highest BCUT2D eigenvalue weighted by Gasteiger charge is 2.34. The Balaban J connectivity index is 1.71. The van der Waals surface area contributed by atoms with Crippen molar-refractivity contribution >= 4 is 11.6 Å². The lowest BCUT2D eigenvalue weighted by Gasteiger charge is -2.25. The van der Waals surface area contributed by atoms with Crippen LogP contribution < -0.4 is 5.32 Å². The Morgan fingerprint density at radius 3 is 2.30 bits per heavy atom. The Bertz CT molecular complexity index is 745. The first-order valence-corrected chi connectivity index (χ1v) is 7.57. The normalized spacial score (nSPS) is 15.0. The Kier molecular flexibility index (Phi) is 3.86. The fraction of sp³-hybridized carbons (Fsp3) is 0.278. The van der Waals surface area contributed by atoms with E-state index < -0.39 is 4.92 Å². The quantitative estimate of drug-likeness (QED) is 0.697. The number of rotatable bonds is 4. The molecule has 0 spiro atoms. The lowest BCUT2D eigenvalue weighted by atomic mass is 9.97. The average Bonchev–Trinajstić information content (AvgIpc) is 2.82. The van der Waals surface area contributed by atoms with Crippen molar-refractivity contribution < 1.29 is 9.72 Å². The fourth-order valence-electron chi connectivity index (χ4n) is 3.29. The largest absolute Gasteiger partial charge is 0.350 e. The van der Waals surface area contributed by atoms with Gasteiger partial charge < -0.3 is 5.32 Å². The zero-order valence-electron chi connectivity index (χ0n) is 12.9. The summed E-state index contributed by atoms with van der Waals surface area (Å²) in [5, 5.41) is 14.1. The van der Waals surface area contributed by atoms with Gasteiger partial charge >= 0.3 is 0 Å². The van der Waals surface area contributed by atoms with Crippen LogP contribution in [0.15, 0.2) is 48.5 Å². The first kappa shape index (κ1) is 15.2. The molecule has 0 aromatic heterocycles. The van der Waals surface area contributed by atoms with Crippen molar-refractivity contribution in [2.24, 2.45) is 0 Å². The third-order valence-corrected chi connectivity index (χ3v) is 4.26. The maximum atomic E-state index is 12.4. The molecule has 1 amide bonds. The van der Waals surface area contributed by atoms with Crippen LogP contribution in [0.25, 0.3) is 0 Å². The molecule has 5 nitrogen and oxygen atoms in total. The summed E-state index contributed by atoms with van der Waals surface area (Å²) >= 11 is 0. The van der Waals surface area contributed by atoms with E-state index in [-0.39, 0.29) is 23.6 Å². The van der Waals surface area contributed by atoms with E-state index in [9.17, 15) is 14.9 Å². The molecule has 0 saturated heterocycles. The molecule has 0 aliphatic heterocycles. The van der Waals surface area contributed by atoms with Crippen molar-refractivity contribution in [1.29, 1.82) is 0 Å². The number of benzene rings is 2. The number of para-hydroxylation sites is 1. The van der Waals surface area contributed by atoms with Gasteiger partial charge in [0, 0.05) is 17.2 Å². The molecule has 23 heavy (non-hydrogen) atoms. The highest BCUT2D eigenvalue weighted by Crippen LogP contribution is 2.29. The summed E-state index contributed by atoms with van der Waals surface area (Å²) in [4.78, 5) is 23.0. The Hall–Kier alpha value is -2.69. The van der Waals surface area contributed by atoms with E-state index in [0.717, 1.165) is 12.8 Å². The molecular formula is C18H18N2O3. The van der Waals surface area contributed by atoms with Gasteiger partial charge in [-0.1, -0.05) is 42.5 Å². The van der Waals surface area contributed by atoms with Crippen LogP contribution in [0.2, 0.25) is 0 Å². The van der Waals surface area contributed by atoms with E-state index in [4.69, 9.17) is 0 Å². The molecule has 0 bridgehead atoms. The molecule has 118 valence electrons. The van der Waals surface area contributed by atoms with Crippen molar-refractivity contribution in [3.05, 3.63) is 75.3 Å². The van der Waals surface area contributed by atoms with Gasteiger partial charge in [0.1, 0.15) is 0 Å². The third-order valence-electron chi connectivity index (χ3n) is 4.26. The number of hydrogen-bond donors (Lipinski definition) is 1. The number of nitrogens with one attached hydrogen (secondary N) is 1. The molecule has 2 aromatic carbocycles. The summed E-state index contributed by atoms with van der Waals surface area (Å²) in [6.07, 6.45) is 1.58. The number of carbonyl (C=O) groups excluding carboxylic acids is 1. The molecular weight excluding hydrogens is 292 g/mol. The SMILES string of the molecule is CC1(NC(=O)Cc2ccccc2[N+](=O)[O-])Cc2ccccc2C1. The minimum absolute atomic E-state index is 0.0116. The maximum absolute atomic E-state index is 12.4. The molecule has 2 aromatic rings. The van der Waals surface area contributed by atoms with E-state index in [1.165, 1.54) is 17.2 Å². The zero-order chi connectivity index (χ0) is 16.4. The van der Waals surface area contributed by atoms with Crippen LogP contribution in [-0.2, 0) is 24.1 Å². The standard InChI is InChI=1S/C18H18N2O3/c1-18(11-14-7-2-3-8-15(14)12-18)19-17(21)10-13-6-4-5-9-16(13)20(22)23/h2-9H,10-12H2,1H3,(H,19,21). The van der Waals surface area contributed by atoms with Crippen LogP contribution in [0.1, 0.15) is 23.6 Å². The number of amides is 1. The number of fused-ring (bicyclic) bond motifs is 1. The van der Waals surface area contributed by atoms with Crippen molar-refractivity contribution in [3.8, 4) is 0 Å². The lowest BCUT2D eigenvalue weighted by molar-refractivity contribution is -0.385. The van der Waals surface area contributed by atoms with Gasteiger partial charge in [-0.25, -0.2) is 0 Å². The zero-order valence-corrected chi connectivity index (χ0v) is 12.9. The summed E-state index contributed by atoms with van der Waals surface area (Å²) in [5.74, 6) is -0.186. The van der Waals surface area contributed by atoms with E-state index >= 15 is 0 Å². The second-order valence-electron chi connectivity index (χ2n) is 6.29. The van der Waals surface area contributed by atoms with Crippen molar-refractivity contribution in [1.82, 2.24) is 5.32 Å². The van der Waals surface area contributed by atoms with Crippen LogP contribution in [-0.4, -0.2) is 16.4 Å². The van der Waals surface area contributed by atoms with Crippen LogP contribution in [0.5, 0.6) is 0 Å². The predicted molar refractivity (Wildman–Crippen MR) is 87.2 cm³/mol. The third kappa shape index (κ3) is 3.23. The van der Waals surface area contributed by atoms with Gasteiger partial charge in [-0.05, 0) is 30.9 Å². The van der Waals surface area contributed by atoms with Gasteiger partial charge in [-0.3, -0.25) is 14.9 Å². The summed E-state index contributed by atoms with van der Waals surface area (Å²) in [5.41, 5.74) is 2.60. The lowest BCUT2D eigenvalue weighted by Crippen LogP contribution is -2.47. The van der Waals surface area contributed by atoms with Crippen LogP contribution in [0, 0.1) is 10.1 Å². The monoisotopic (exact) mass is 310 g/mol. The highest BCUT2D eigenvalue weighted by molar-refractivity contribution is 5.80. The van der Waals surface area contributed by atoms with Crippen molar-refractivity contribution in [2.45, 2.75) is 31.7 Å². The van der Waals surface area contributed by atoms with Gasteiger partial charge in [0.15, 0.2) is 0 Å². The number of nitrogens with zero attached hydrogens (tertiary/aromatic N) is 1. The molecule has 0 radical (unpaired) electrons. The van der Waals surface area contributed by atoms with E-state index in [1.54, 1.807) is 18.2 Å². The summed E-state index contributed by atoms with van der Waals surface area (Å²) in [6.45, 7) is 2.02. The first-order valence-electron chi connectivity index (χ1n) is 7.57. The molecule has 0 heterocycles. The minimum Gasteiger partial charge on any atom is -0.350 e. The predicted octanol–water partition coefficient (Wildman–Crippen LogP) is 2.81. The summed E-state index contributed by atoms with van der Waals surface area (Å²) in [6, 6.07) is 14.5. The molecule has 0 fully saturated rings. The van der Waals surface area contributed by atoms with E-state index in [0.29, 0.717) is 5.56 Å². The molecule has 1 aliphatic rings. The number of hydrogen-bond acceptors (Lipinski definition) is 3. The topological polar surface area (TPSA) is 72.2 Å². The van der Waals surface area contributed by atoms with Gasteiger partial charge in [0.05, 0.1) is 11.3 Å².